The molecule has 1 aromatic carbocycles. The molecular formula is C22H25N3OS. The van der Waals surface area contributed by atoms with Gasteiger partial charge in [0.15, 0.2) is 0 Å². The van der Waals surface area contributed by atoms with Gasteiger partial charge in [0.25, 0.3) is 5.91 Å². The van der Waals surface area contributed by atoms with E-state index in [9.17, 15) is 4.79 Å². The quantitative estimate of drug-likeness (QED) is 0.626. The zero-order chi connectivity index (χ0) is 18.8. The second-order valence-corrected chi connectivity index (χ2v) is 8.07. The predicted molar refractivity (Wildman–Crippen MR) is 114 cm³/mol. The van der Waals surface area contributed by atoms with Crippen molar-refractivity contribution >= 4 is 39.4 Å². The van der Waals surface area contributed by atoms with Gasteiger partial charge in [-0.1, -0.05) is 19.1 Å². The average molecular weight is 380 g/mol. The third-order valence-corrected chi connectivity index (χ3v) is 6.35. The Kier molecular flexibility index (Phi) is 5.14. The van der Waals surface area contributed by atoms with Crippen LogP contribution in [0.3, 0.4) is 0 Å². The predicted octanol–water partition coefficient (Wildman–Crippen LogP) is 5.37. The summed E-state index contributed by atoms with van der Waals surface area (Å²) in [6.45, 7) is 6.65. The lowest BCUT2D eigenvalue weighted by Crippen LogP contribution is -2.35. The highest BCUT2D eigenvalue weighted by Gasteiger charge is 2.18. The Hall–Kier alpha value is -2.37. The average Bonchev–Trinajstić information content (AvgIpc) is 3.37. The van der Waals surface area contributed by atoms with E-state index in [0.717, 1.165) is 35.6 Å². The van der Waals surface area contributed by atoms with E-state index in [4.69, 9.17) is 0 Å². The van der Waals surface area contributed by atoms with Crippen molar-refractivity contribution in [1.82, 2.24) is 9.88 Å². The van der Waals surface area contributed by atoms with E-state index >= 15 is 0 Å². The summed E-state index contributed by atoms with van der Waals surface area (Å²) < 4.78 is 0. The number of nitrogens with zero attached hydrogens (tertiary/aromatic N) is 1. The van der Waals surface area contributed by atoms with Crippen LogP contribution in [0.5, 0.6) is 0 Å². The first-order valence-corrected chi connectivity index (χ1v) is 10.4. The van der Waals surface area contributed by atoms with Crippen LogP contribution < -0.4 is 5.32 Å². The number of carbonyl (C=O) groups is 1. The van der Waals surface area contributed by atoms with Crippen LogP contribution in [0, 0.1) is 0 Å². The SMILES string of the molecule is CCC(C)N1CC=C(c2c[nH]c3ccc(NC(=O)c4cccs4)cc23)CC1. The number of hydrogen-bond donors (Lipinski definition) is 2. The molecule has 0 fully saturated rings. The van der Waals surface area contributed by atoms with Crippen molar-refractivity contribution in [3.8, 4) is 0 Å². The van der Waals surface area contributed by atoms with E-state index in [1.54, 1.807) is 0 Å². The van der Waals surface area contributed by atoms with Crippen LogP contribution in [0.25, 0.3) is 16.5 Å². The molecule has 1 aliphatic rings. The first kappa shape index (κ1) is 18.0. The van der Waals surface area contributed by atoms with Crippen LogP contribution in [0.15, 0.2) is 48.0 Å². The Labute approximate surface area is 163 Å². The Bertz CT molecular complexity index is 971. The summed E-state index contributed by atoms with van der Waals surface area (Å²) >= 11 is 1.45. The van der Waals surface area contributed by atoms with E-state index in [-0.39, 0.29) is 5.91 Å². The standard InChI is InChI=1S/C22H25N3OS/c1-3-15(2)25-10-8-16(9-11-25)19-14-23-20-7-6-17(13-18(19)20)24-22(26)21-5-4-12-27-21/h4-8,12-15,23H,3,9-11H2,1-2H3,(H,24,26). The lowest BCUT2D eigenvalue weighted by Gasteiger charge is -2.31. The summed E-state index contributed by atoms with van der Waals surface area (Å²) in [6, 6.07) is 10.4. The number of aromatic amines is 1. The largest absolute Gasteiger partial charge is 0.361 e. The van der Waals surface area contributed by atoms with Gasteiger partial charge in [0, 0.05) is 47.5 Å². The molecule has 1 amide bonds. The number of anilines is 1. The molecular weight excluding hydrogens is 354 g/mol. The van der Waals surface area contributed by atoms with Gasteiger partial charge in [0.2, 0.25) is 0 Å². The number of rotatable bonds is 5. The molecule has 140 valence electrons. The molecule has 0 radical (unpaired) electrons. The monoisotopic (exact) mass is 379 g/mol. The van der Waals surface area contributed by atoms with Gasteiger partial charge in [-0.2, -0.15) is 0 Å². The van der Waals surface area contributed by atoms with E-state index in [1.165, 1.54) is 34.3 Å². The Morgan fingerprint density at radius 1 is 1.37 bits per heavy atom. The summed E-state index contributed by atoms with van der Waals surface area (Å²) in [6.07, 6.45) is 6.70. The number of hydrogen-bond acceptors (Lipinski definition) is 3. The summed E-state index contributed by atoms with van der Waals surface area (Å²) in [7, 11) is 0. The second-order valence-electron chi connectivity index (χ2n) is 7.13. The van der Waals surface area contributed by atoms with Gasteiger partial charge in [0.1, 0.15) is 0 Å². The lowest BCUT2D eigenvalue weighted by atomic mass is 9.97. The summed E-state index contributed by atoms with van der Waals surface area (Å²) in [4.78, 5) is 19.0. The van der Waals surface area contributed by atoms with Gasteiger partial charge >= 0.3 is 0 Å². The minimum absolute atomic E-state index is 0.0532. The highest BCUT2D eigenvalue weighted by atomic mass is 32.1. The fourth-order valence-electron chi connectivity index (χ4n) is 3.65. The van der Waals surface area contributed by atoms with Crippen LogP contribution in [0.1, 0.15) is 41.9 Å². The number of benzene rings is 1. The van der Waals surface area contributed by atoms with Gasteiger partial charge < -0.3 is 10.3 Å². The van der Waals surface area contributed by atoms with Crippen LogP contribution in [-0.4, -0.2) is 34.9 Å². The molecule has 2 aromatic heterocycles. The van der Waals surface area contributed by atoms with Crippen molar-refractivity contribution in [2.24, 2.45) is 0 Å². The molecule has 3 heterocycles. The van der Waals surface area contributed by atoms with Crippen molar-refractivity contribution in [3.63, 3.8) is 0 Å². The summed E-state index contributed by atoms with van der Waals surface area (Å²) in [5.41, 5.74) is 4.58. The molecule has 0 saturated heterocycles. The normalized spacial score (nSPS) is 16.3. The molecule has 2 N–H and O–H groups in total. The Morgan fingerprint density at radius 3 is 2.96 bits per heavy atom. The van der Waals surface area contributed by atoms with E-state index in [2.05, 4.69) is 47.4 Å². The topological polar surface area (TPSA) is 48.1 Å². The molecule has 1 unspecified atom stereocenters. The molecule has 0 aliphatic carbocycles. The van der Waals surface area contributed by atoms with Gasteiger partial charge in [-0.15, -0.1) is 11.3 Å². The first-order valence-electron chi connectivity index (χ1n) is 9.55. The maximum atomic E-state index is 12.3. The highest BCUT2D eigenvalue weighted by Crippen LogP contribution is 2.31. The van der Waals surface area contributed by atoms with Crippen molar-refractivity contribution < 1.29 is 4.79 Å². The summed E-state index contributed by atoms with van der Waals surface area (Å²) in [5, 5.41) is 6.10. The lowest BCUT2D eigenvalue weighted by molar-refractivity contribution is 0.103. The molecule has 3 aromatic rings. The van der Waals surface area contributed by atoms with Crippen molar-refractivity contribution in [3.05, 3.63) is 58.4 Å². The fourth-order valence-corrected chi connectivity index (χ4v) is 4.27. The van der Waals surface area contributed by atoms with Crippen molar-refractivity contribution in [2.45, 2.75) is 32.7 Å². The smallest absolute Gasteiger partial charge is 0.265 e. The van der Waals surface area contributed by atoms with Crippen LogP contribution in [0.2, 0.25) is 0 Å². The van der Waals surface area contributed by atoms with Gasteiger partial charge in [-0.25, -0.2) is 0 Å². The molecule has 27 heavy (non-hydrogen) atoms. The minimum atomic E-state index is -0.0532. The number of amides is 1. The number of thiophene rings is 1. The molecule has 4 rings (SSSR count). The zero-order valence-corrected chi connectivity index (χ0v) is 16.6. The second kappa shape index (κ2) is 7.71. The van der Waals surface area contributed by atoms with Gasteiger partial charge in [-0.05, 0) is 55.0 Å². The highest BCUT2D eigenvalue weighted by molar-refractivity contribution is 7.12. The molecule has 0 bridgehead atoms. The number of fused-ring (bicyclic) bond motifs is 1. The molecule has 0 spiro atoms. The van der Waals surface area contributed by atoms with Crippen molar-refractivity contribution in [2.75, 3.05) is 18.4 Å². The third kappa shape index (κ3) is 3.70. The Balaban J connectivity index is 1.58. The van der Waals surface area contributed by atoms with Crippen LogP contribution >= 0.6 is 11.3 Å². The van der Waals surface area contributed by atoms with E-state index in [1.807, 2.05) is 29.6 Å². The maximum Gasteiger partial charge on any atom is 0.265 e. The third-order valence-electron chi connectivity index (χ3n) is 5.49. The van der Waals surface area contributed by atoms with Crippen molar-refractivity contribution in [1.29, 1.82) is 0 Å². The molecule has 1 atom stereocenters. The zero-order valence-electron chi connectivity index (χ0n) is 15.8. The fraction of sp³-hybridized carbons (Fsp3) is 0.318. The first-order chi connectivity index (χ1) is 13.2. The molecule has 5 heteroatoms. The van der Waals surface area contributed by atoms with Crippen LogP contribution in [0.4, 0.5) is 5.69 Å². The number of aromatic nitrogens is 1. The summed E-state index contributed by atoms with van der Waals surface area (Å²) in [5.74, 6) is -0.0532. The van der Waals surface area contributed by atoms with E-state index in [0.29, 0.717) is 6.04 Å². The van der Waals surface area contributed by atoms with Gasteiger partial charge in [0.05, 0.1) is 4.88 Å². The number of nitrogens with one attached hydrogen (secondary N) is 2. The van der Waals surface area contributed by atoms with Crippen LogP contribution in [-0.2, 0) is 0 Å². The number of H-pyrrole nitrogens is 1. The number of carbonyl (C=O) groups excluding carboxylic acids is 1. The molecule has 4 nitrogen and oxygen atoms in total. The maximum absolute atomic E-state index is 12.3. The van der Waals surface area contributed by atoms with Gasteiger partial charge in [-0.3, -0.25) is 9.69 Å². The van der Waals surface area contributed by atoms with E-state index < -0.39 is 0 Å². The Morgan fingerprint density at radius 2 is 2.26 bits per heavy atom. The minimum Gasteiger partial charge on any atom is -0.361 e. The molecule has 0 saturated carbocycles. The molecule has 1 aliphatic heterocycles.